The minimum absolute atomic E-state index is 0.135. The minimum atomic E-state index is -4.93. The van der Waals surface area contributed by atoms with E-state index in [1.807, 2.05) is 6.92 Å². The van der Waals surface area contributed by atoms with Gasteiger partial charge in [-0.3, -0.25) is 14.9 Å². The van der Waals surface area contributed by atoms with Crippen LogP contribution >= 0.6 is 11.6 Å². The lowest BCUT2D eigenvalue weighted by molar-refractivity contribution is -0.158. The number of hydrogen-bond donors (Lipinski definition) is 3. The molecule has 0 radical (unpaired) electrons. The second-order valence-electron chi connectivity index (χ2n) is 15.1. The number of halogens is 4. The molecule has 2 saturated heterocycles. The molecule has 5 rings (SSSR count). The Morgan fingerprint density at radius 1 is 1.19 bits per heavy atom. The SMILES string of the molecule is COc1cc2cc(c1Cl)N(C)C(=O)C[C@H](OC(=O)[C@H](C)N(C)C(=O)c1ccc(N)cc1C(F)(F)F)[C@]1(C)O[C@H]1[C@H](C)[C@@H]1C[C@@](O)(NC(=O)O1)[C@H](OC)/C=C/C=C(\C)C2. The fourth-order valence-electron chi connectivity index (χ4n) is 7.35. The van der Waals surface area contributed by atoms with Crippen molar-refractivity contribution in [3.05, 3.63) is 75.8 Å². The van der Waals surface area contributed by atoms with Crippen molar-refractivity contribution in [2.75, 3.05) is 38.9 Å². The number of nitrogen functional groups attached to an aromatic ring is 1. The molecule has 18 heteroatoms. The highest BCUT2D eigenvalue weighted by Crippen LogP contribution is 2.49. The van der Waals surface area contributed by atoms with Gasteiger partial charge in [-0.1, -0.05) is 42.3 Å². The average Bonchev–Trinajstić information content (AvgIpc) is 3.86. The molecule has 14 nitrogen and oxygen atoms in total. The number of nitrogens with two attached hydrogens (primary N) is 1. The van der Waals surface area contributed by atoms with E-state index < -0.39 is 95.3 Å². The van der Waals surface area contributed by atoms with E-state index in [-0.39, 0.29) is 22.8 Å². The van der Waals surface area contributed by atoms with Gasteiger partial charge in [-0.25, -0.2) is 9.59 Å². The number of epoxide rings is 1. The lowest BCUT2D eigenvalue weighted by Gasteiger charge is -2.42. The van der Waals surface area contributed by atoms with E-state index >= 15 is 0 Å². The van der Waals surface area contributed by atoms with Crippen molar-refractivity contribution in [3.63, 3.8) is 0 Å². The first-order chi connectivity index (χ1) is 27.0. The number of fused-ring (bicyclic) bond motifs is 5. The summed E-state index contributed by atoms with van der Waals surface area (Å²) in [6, 6.07) is 4.67. The maximum atomic E-state index is 14.2. The number of alkyl carbamates (subject to hydrolysis) is 1. The van der Waals surface area contributed by atoms with Gasteiger partial charge in [-0.2, -0.15) is 13.2 Å². The number of carbonyl (C=O) groups excluding carboxylic acids is 4. The van der Waals surface area contributed by atoms with Gasteiger partial charge in [-0.15, -0.1) is 0 Å². The number of amides is 3. The van der Waals surface area contributed by atoms with Crippen LogP contribution in [-0.2, 0) is 41.1 Å². The highest BCUT2D eigenvalue weighted by atomic mass is 35.5. The number of carbonyl (C=O) groups is 4. The molecule has 58 heavy (non-hydrogen) atoms. The third-order valence-electron chi connectivity index (χ3n) is 11.0. The molecule has 3 amide bonds. The second kappa shape index (κ2) is 16.8. The summed E-state index contributed by atoms with van der Waals surface area (Å²) in [5.41, 5.74) is 1.91. The van der Waals surface area contributed by atoms with Crippen LogP contribution in [0.1, 0.15) is 62.0 Å². The van der Waals surface area contributed by atoms with Gasteiger partial charge >= 0.3 is 18.2 Å². The fraction of sp³-hybridized carbons (Fsp3) is 0.500. The molecule has 2 fully saturated rings. The van der Waals surface area contributed by atoms with Crippen molar-refractivity contribution < 1.29 is 61.1 Å². The maximum Gasteiger partial charge on any atom is 0.417 e. The standard InChI is InChI=1S/C40H48ClF3N4O10/c1-20-10-9-11-30(55-8)39(53)19-29(56-37(52)46-39)21(2)34-38(4,58-34)31(18-32(49)48(6)27-15-23(14-20)16-28(54-7)33(27)41)57-36(51)22(3)47(5)35(50)25-13-12-24(45)17-26(25)40(42,43)44/h9-13,15-17,21-22,29-31,34,53H,14,18-19,45H2,1-8H3,(H,46,52)/b11-9+,20-10+/t21-,22+,29+,30-,31+,34+,38+,39+/m1/s1. The Morgan fingerprint density at radius 2 is 1.88 bits per heavy atom. The van der Waals surface area contributed by atoms with Crippen molar-refractivity contribution in [1.82, 2.24) is 10.2 Å². The smallest absolute Gasteiger partial charge is 0.417 e. The molecule has 4 bridgehead atoms. The number of esters is 1. The van der Waals surface area contributed by atoms with E-state index in [1.165, 1.54) is 33.1 Å². The van der Waals surface area contributed by atoms with Crippen LogP contribution < -0.4 is 20.7 Å². The van der Waals surface area contributed by atoms with E-state index in [2.05, 4.69) is 5.32 Å². The summed E-state index contributed by atoms with van der Waals surface area (Å²) < 4.78 is 70.7. The van der Waals surface area contributed by atoms with Gasteiger partial charge in [0.05, 0.1) is 36.4 Å². The Hall–Kier alpha value is -4.84. The molecule has 0 aromatic heterocycles. The van der Waals surface area contributed by atoms with Crippen molar-refractivity contribution in [3.8, 4) is 5.75 Å². The van der Waals surface area contributed by atoms with E-state index in [0.717, 1.165) is 35.2 Å². The van der Waals surface area contributed by atoms with E-state index in [9.17, 15) is 37.5 Å². The highest BCUT2D eigenvalue weighted by molar-refractivity contribution is 6.35. The quantitative estimate of drug-likeness (QED) is 0.192. The summed E-state index contributed by atoms with van der Waals surface area (Å²) in [5, 5.41) is 14.3. The average molecular weight is 837 g/mol. The second-order valence-corrected chi connectivity index (χ2v) is 15.5. The normalized spacial score (nSPS) is 29.8. The molecule has 316 valence electrons. The molecule has 0 aliphatic carbocycles. The molecule has 0 unspecified atom stereocenters. The first-order valence-corrected chi connectivity index (χ1v) is 18.8. The summed E-state index contributed by atoms with van der Waals surface area (Å²) in [4.78, 5) is 56.5. The fourth-order valence-corrected chi connectivity index (χ4v) is 7.66. The lowest BCUT2D eigenvalue weighted by atomic mass is 9.83. The van der Waals surface area contributed by atoms with Crippen LogP contribution in [0.25, 0.3) is 0 Å². The maximum absolute atomic E-state index is 14.2. The number of rotatable bonds is 6. The number of methoxy groups -OCH3 is 2. The Morgan fingerprint density at radius 3 is 2.52 bits per heavy atom. The first kappa shape index (κ1) is 44.3. The number of likely N-dealkylation sites (N-methyl/N-ethyl adjacent to an activating group) is 1. The number of ether oxygens (including phenoxy) is 5. The van der Waals surface area contributed by atoms with Crippen molar-refractivity contribution >= 4 is 46.9 Å². The van der Waals surface area contributed by atoms with Gasteiger partial charge < -0.3 is 44.3 Å². The Kier molecular flexibility index (Phi) is 12.8. The van der Waals surface area contributed by atoms with Gasteiger partial charge in [0.1, 0.15) is 40.7 Å². The monoisotopic (exact) mass is 836 g/mol. The van der Waals surface area contributed by atoms with Crippen molar-refractivity contribution in [1.29, 1.82) is 0 Å². The van der Waals surface area contributed by atoms with E-state index in [1.54, 1.807) is 44.2 Å². The first-order valence-electron chi connectivity index (χ1n) is 18.4. The molecule has 8 atom stereocenters. The molecule has 2 aromatic carbocycles. The predicted octanol–water partition coefficient (Wildman–Crippen LogP) is 5.43. The summed E-state index contributed by atoms with van der Waals surface area (Å²) in [5.74, 6) is -3.13. The van der Waals surface area contributed by atoms with Crippen molar-refractivity contribution in [2.45, 2.75) is 94.9 Å². The Bertz CT molecular complexity index is 2010. The number of alkyl halides is 3. The van der Waals surface area contributed by atoms with Crippen LogP contribution in [-0.4, -0.2) is 104 Å². The van der Waals surface area contributed by atoms with E-state index in [4.69, 9.17) is 41.0 Å². The van der Waals surface area contributed by atoms with E-state index in [0.29, 0.717) is 18.2 Å². The molecule has 4 N–H and O–H groups in total. The third kappa shape index (κ3) is 9.07. The highest BCUT2D eigenvalue weighted by Gasteiger charge is 2.64. The van der Waals surface area contributed by atoms with Crippen LogP contribution in [0.5, 0.6) is 5.75 Å². The number of aliphatic hydroxyl groups is 1. The minimum Gasteiger partial charge on any atom is -0.495 e. The zero-order valence-electron chi connectivity index (χ0n) is 33.3. The number of nitrogens with one attached hydrogen (secondary N) is 1. The summed E-state index contributed by atoms with van der Waals surface area (Å²) in [7, 11) is 5.44. The van der Waals surface area contributed by atoms with Gasteiger partial charge in [0, 0.05) is 39.2 Å². The number of hydrogen-bond acceptors (Lipinski definition) is 11. The summed E-state index contributed by atoms with van der Waals surface area (Å²) >= 11 is 6.73. The molecular formula is C40H48ClF3N4O10. The van der Waals surface area contributed by atoms with Gasteiger partial charge in [0.25, 0.3) is 5.91 Å². The molecule has 3 aliphatic heterocycles. The molecule has 0 spiro atoms. The van der Waals surface area contributed by atoms with Gasteiger partial charge in [0.15, 0.2) is 5.72 Å². The number of anilines is 2. The predicted molar refractivity (Wildman–Crippen MR) is 206 cm³/mol. The zero-order chi connectivity index (χ0) is 43.1. The van der Waals surface area contributed by atoms with Crippen LogP contribution in [0.15, 0.2) is 54.1 Å². The topological polar surface area (TPSA) is 182 Å². The number of allylic oxidation sites excluding steroid dienone is 3. The number of nitrogens with zero attached hydrogens (tertiary/aromatic N) is 2. The molecule has 3 aliphatic rings. The van der Waals surface area contributed by atoms with Crippen molar-refractivity contribution in [2.24, 2.45) is 5.92 Å². The number of benzene rings is 2. The van der Waals surface area contributed by atoms with Crippen LogP contribution in [0.3, 0.4) is 0 Å². The summed E-state index contributed by atoms with van der Waals surface area (Å²) in [6.45, 7) is 6.43. The molecular weight excluding hydrogens is 789 g/mol. The summed E-state index contributed by atoms with van der Waals surface area (Å²) in [6.07, 6.45) is -5.15. The van der Waals surface area contributed by atoms with Gasteiger partial charge in [-0.05, 0) is 63.1 Å². The Labute approximate surface area is 339 Å². The zero-order valence-corrected chi connectivity index (χ0v) is 34.1. The Balaban J connectivity index is 1.53. The van der Waals surface area contributed by atoms with Crippen LogP contribution in [0, 0.1) is 5.92 Å². The largest absolute Gasteiger partial charge is 0.495 e. The lowest BCUT2D eigenvalue weighted by Crippen LogP contribution is -2.63. The van der Waals surface area contributed by atoms with Crippen LogP contribution in [0.4, 0.5) is 29.3 Å². The van der Waals surface area contributed by atoms with Gasteiger partial charge in [0.2, 0.25) is 5.91 Å². The molecule has 3 heterocycles. The van der Waals surface area contributed by atoms with Crippen LogP contribution in [0.2, 0.25) is 5.02 Å². The molecule has 0 saturated carbocycles. The molecule has 2 aromatic rings. The third-order valence-corrected chi connectivity index (χ3v) is 11.4.